The molecule has 0 heterocycles. The summed E-state index contributed by atoms with van der Waals surface area (Å²) in [5, 5.41) is 19.8. The number of unbranched alkanes of at least 4 members (excludes halogenated alkanes) is 2. The van der Waals surface area contributed by atoms with E-state index in [1.165, 1.54) is 108 Å². The first-order valence-corrected chi connectivity index (χ1v) is 22.6. The van der Waals surface area contributed by atoms with Crippen molar-refractivity contribution in [3.8, 4) is 5.75 Å². The van der Waals surface area contributed by atoms with Crippen molar-refractivity contribution in [3.05, 3.63) is 53.1 Å². The first-order chi connectivity index (χ1) is 27.0. The molecule has 0 spiro atoms. The molecule has 316 valence electrons. The summed E-state index contributed by atoms with van der Waals surface area (Å²) in [5.41, 5.74) is 3.67. The lowest BCUT2D eigenvalue weighted by atomic mass is 9.64. The normalized spacial score (nSPS) is 24.3. The molecule has 3 aliphatic rings. The highest BCUT2D eigenvalue weighted by molar-refractivity contribution is 5.87. The molecule has 0 amide bonds. The van der Waals surface area contributed by atoms with Crippen molar-refractivity contribution in [1.82, 2.24) is 0 Å². The number of esters is 2. The van der Waals surface area contributed by atoms with Crippen LogP contribution in [0.5, 0.6) is 5.75 Å². The fourth-order valence-electron chi connectivity index (χ4n) is 9.93. The molecule has 0 atom stereocenters. The number of carbonyl (C=O) groups is 2. The van der Waals surface area contributed by atoms with Crippen LogP contribution in [0.25, 0.3) is 0 Å². The van der Waals surface area contributed by atoms with Gasteiger partial charge >= 0.3 is 11.9 Å². The molecule has 1 aromatic rings. The Morgan fingerprint density at radius 2 is 1.12 bits per heavy atom. The van der Waals surface area contributed by atoms with E-state index in [1.807, 2.05) is 6.92 Å². The molecule has 0 unspecified atom stereocenters. The van der Waals surface area contributed by atoms with Gasteiger partial charge in [0.2, 0.25) is 0 Å². The molecule has 4 rings (SSSR count). The van der Waals surface area contributed by atoms with Crippen molar-refractivity contribution in [2.75, 3.05) is 33.0 Å². The van der Waals surface area contributed by atoms with Crippen LogP contribution in [0.3, 0.4) is 0 Å². The van der Waals surface area contributed by atoms with Gasteiger partial charge in [0, 0.05) is 16.6 Å². The average molecular weight is 779 g/mol. The fourth-order valence-corrected chi connectivity index (χ4v) is 9.93. The van der Waals surface area contributed by atoms with E-state index < -0.39 is 5.41 Å². The summed E-state index contributed by atoms with van der Waals surface area (Å²) in [4.78, 5) is 24.2. The van der Waals surface area contributed by atoms with Gasteiger partial charge in [0.25, 0.3) is 0 Å². The Morgan fingerprint density at radius 3 is 1.55 bits per heavy atom. The molecule has 0 radical (unpaired) electrons. The molecule has 56 heavy (non-hydrogen) atoms. The number of rotatable bonds is 23. The summed E-state index contributed by atoms with van der Waals surface area (Å²) < 4.78 is 17.5. The summed E-state index contributed by atoms with van der Waals surface area (Å²) >= 11 is 0. The second-order valence-corrected chi connectivity index (χ2v) is 18.5. The number of benzene rings is 1. The summed E-state index contributed by atoms with van der Waals surface area (Å²) in [6, 6.07) is 4.65. The number of aryl methyl sites for hydroxylation is 2. The summed E-state index contributed by atoms with van der Waals surface area (Å²) in [6.07, 6.45) is 25.4. The van der Waals surface area contributed by atoms with Crippen LogP contribution < -0.4 is 4.74 Å². The van der Waals surface area contributed by atoms with Crippen molar-refractivity contribution in [2.45, 2.75) is 168 Å². The van der Waals surface area contributed by atoms with Crippen LogP contribution in [0.15, 0.2) is 36.4 Å². The third-order valence-electron chi connectivity index (χ3n) is 13.8. The van der Waals surface area contributed by atoms with Gasteiger partial charge in [-0.1, -0.05) is 77.7 Å². The van der Waals surface area contributed by atoms with Gasteiger partial charge in [-0.05, 0) is 162 Å². The highest BCUT2D eigenvalue weighted by Gasteiger charge is 2.35. The topological polar surface area (TPSA) is 102 Å². The minimum absolute atomic E-state index is 0.127. The van der Waals surface area contributed by atoms with E-state index in [2.05, 4.69) is 32.2 Å². The molecule has 3 saturated carbocycles. The highest BCUT2D eigenvalue weighted by Crippen LogP contribution is 2.48. The molecule has 3 aliphatic carbocycles. The molecular weight excluding hydrogens is 701 g/mol. The number of carbonyl (C=O) groups excluding carboxylic acids is 2. The van der Waals surface area contributed by atoms with E-state index in [9.17, 15) is 19.8 Å². The Morgan fingerprint density at radius 1 is 0.679 bits per heavy atom. The summed E-state index contributed by atoms with van der Waals surface area (Å²) in [6.45, 7) is 15.6. The first-order valence-electron chi connectivity index (χ1n) is 22.6. The maximum absolute atomic E-state index is 12.1. The van der Waals surface area contributed by atoms with Gasteiger partial charge in [-0.25, -0.2) is 9.59 Å². The average Bonchev–Trinajstić information content (AvgIpc) is 3.21. The van der Waals surface area contributed by atoms with Crippen molar-refractivity contribution < 1.29 is 34.0 Å². The van der Waals surface area contributed by atoms with E-state index in [-0.39, 0.29) is 25.2 Å². The van der Waals surface area contributed by atoms with Crippen LogP contribution >= 0.6 is 0 Å². The van der Waals surface area contributed by atoms with Gasteiger partial charge in [-0.15, -0.1) is 0 Å². The molecule has 7 heteroatoms. The molecule has 7 nitrogen and oxygen atoms in total. The van der Waals surface area contributed by atoms with Crippen molar-refractivity contribution in [3.63, 3.8) is 0 Å². The van der Waals surface area contributed by atoms with E-state index in [1.54, 1.807) is 13.8 Å². The van der Waals surface area contributed by atoms with Crippen LogP contribution in [-0.4, -0.2) is 55.2 Å². The quantitative estimate of drug-likeness (QED) is 0.0648. The Hall–Kier alpha value is -2.64. The first kappa shape index (κ1) is 46.1. The van der Waals surface area contributed by atoms with Crippen LogP contribution in [-0.2, 0) is 31.9 Å². The molecule has 0 bridgehead atoms. The van der Waals surface area contributed by atoms with Crippen LogP contribution in [0.4, 0.5) is 0 Å². The minimum Gasteiger partial charge on any atom is -0.493 e. The van der Waals surface area contributed by atoms with Gasteiger partial charge in [-0.2, -0.15) is 0 Å². The second-order valence-electron chi connectivity index (χ2n) is 18.5. The van der Waals surface area contributed by atoms with Crippen molar-refractivity contribution in [2.24, 2.45) is 35.0 Å². The molecule has 0 aromatic heterocycles. The molecule has 1 aromatic carbocycles. The van der Waals surface area contributed by atoms with Gasteiger partial charge in [0.1, 0.15) is 5.75 Å². The predicted octanol–water partition coefficient (Wildman–Crippen LogP) is 11.0. The molecule has 2 N–H and O–H groups in total. The standard InChI is InChI=1S/C49H78O7/c1-7-8-9-12-37-15-17-38(18-16-37)39-19-21-40(22-20-39)41-23-25-42(26-24-41)45-31-43(13-10-28-55-47(52)35(2)3)46(54-30-27-49(6,33-50)34-51)44(32-45)14-11-29-56-48(53)36(4)5/h31-32,37-42,50-51H,2,4,7-30,33-34H2,1,3,5-6H3. The summed E-state index contributed by atoms with van der Waals surface area (Å²) in [7, 11) is 0. The van der Waals surface area contributed by atoms with E-state index in [0.717, 1.165) is 46.5 Å². The SMILES string of the molecule is C=C(C)C(=O)OCCCc1cc(C2CCC(C3CCC(C4CCC(CCCCC)CC4)CC3)CC2)cc(CCCOC(=O)C(=C)C)c1OCCC(C)(CO)CO. The predicted molar refractivity (Wildman–Crippen MR) is 227 cm³/mol. The lowest BCUT2D eigenvalue weighted by molar-refractivity contribution is -0.139. The van der Waals surface area contributed by atoms with E-state index in [0.29, 0.717) is 69.0 Å². The van der Waals surface area contributed by atoms with E-state index in [4.69, 9.17) is 14.2 Å². The Kier molecular flexibility index (Phi) is 19.5. The fraction of sp³-hybridized carbons (Fsp3) is 0.755. The van der Waals surface area contributed by atoms with Crippen molar-refractivity contribution >= 4 is 11.9 Å². The number of ether oxygens (including phenoxy) is 3. The highest BCUT2D eigenvalue weighted by atomic mass is 16.5. The molecule has 0 aliphatic heterocycles. The smallest absolute Gasteiger partial charge is 0.333 e. The number of aliphatic hydroxyl groups is 2. The lowest BCUT2D eigenvalue weighted by Crippen LogP contribution is -2.29. The van der Waals surface area contributed by atoms with Crippen LogP contribution in [0, 0.1) is 35.0 Å². The zero-order valence-electron chi connectivity index (χ0n) is 35.9. The maximum Gasteiger partial charge on any atom is 0.333 e. The molecular formula is C49H78O7. The maximum atomic E-state index is 12.1. The second kappa shape index (κ2) is 23.7. The van der Waals surface area contributed by atoms with Crippen LogP contribution in [0.1, 0.15) is 172 Å². The van der Waals surface area contributed by atoms with Gasteiger partial charge in [0.15, 0.2) is 0 Å². The largest absolute Gasteiger partial charge is 0.493 e. The van der Waals surface area contributed by atoms with Gasteiger partial charge in [0.05, 0.1) is 33.0 Å². The van der Waals surface area contributed by atoms with Gasteiger partial charge < -0.3 is 24.4 Å². The van der Waals surface area contributed by atoms with Gasteiger partial charge in [-0.3, -0.25) is 0 Å². The Bertz CT molecular complexity index is 1320. The van der Waals surface area contributed by atoms with Crippen LogP contribution in [0.2, 0.25) is 0 Å². The number of hydrogen-bond donors (Lipinski definition) is 2. The minimum atomic E-state index is -0.640. The third-order valence-corrected chi connectivity index (χ3v) is 13.8. The zero-order valence-corrected chi connectivity index (χ0v) is 35.9. The zero-order chi connectivity index (χ0) is 40.5. The monoisotopic (exact) mass is 779 g/mol. The van der Waals surface area contributed by atoms with E-state index >= 15 is 0 Å². The van der Waals surface area contributed by atoms with Crippen molar-refractivity contribution in [1.29, 1.82) is 0 Å². The lowest BCUT2D eigenvalue weighted by Gasteiger charge is -2.41. The number of aliphatic hydroxyl groups excluding tert-OH is 2. The summed E-state index contributed by atoms with van der Waals surface area (Å²) in [5.74, 6) is 5.21. The molecule has 0 saturated heterocycles. The number of hydrogen-bond acceptors (Lipinski definition) is 7. The third kappa shape index (κ3) is 14.3. The Labute approximate surface area is 340 Å². The molecule has 3 fully saturated rings. The Balaban J connectivity index is 1.41.